The molecule has 1 aromatic heterocycles. The van der Waals surface area contributed by atoms with E-state index in [1.165, 1.54) is 0 Å². The summed E-state index contributed by atoms with van der Waals surface area (Å²) in [5.41, 5.74) is 6.24. The monoisotopic (exact) mass is 492 g/mol. The molecule has 0 amide bonds. The zero-order valence-corrected chi connectivity index (χ0v) is 20.7. The second-order valence-corrected chi connectivity index (χ2v) is 10.5. The lowest BCUT2D eigenvalue weighted by Gasteiger charge is -2.45. The van der Waals surface area contributed by atoms with E-state index >= 15 is 0 Å². The van der Waals surface area contributed by atoms with Crippen molar-refractivity contribution in [3.05, 3.63) is 63.8 Å². The number of benzene rings is 2. The molecule has 1 N–H and O–H groups in total. The number of aromatic amines is 1. The SMILES string of the molecule is C#Cc1cc2c(cc1N1CCN(C3COC3)CC1)C1(CCOCC1)c1[nH]c3cc(C#N)ccc3c1C2=O. The van der Waals surface area contributed by atoms with Gasteiger partial charge in [0.05, 0.1) is 42.1 Å². The van der Waals surface area contributed by atoms with E-state index in [0.29, 0.717) is 35.9 Å². The van der Waals surface area contributed by atoms with Crippen molar-refractivity contribution in [3.8, 4) is 18.4 Å². The third kappa shape index (κ3) is 3.29. The van der Waals surface area contributed by atoms with Crippen molar-refractivity contribution in [3.63, 3.8) is 0 Å². The molecule has 0 bridgehead atoms. The van der Waals surface area contributed by atoms with E-state index in [-0.39, 0.29) is 11.2 Å². The van der Waals surface area contributed by atoms with E-state index in [1.807, 2.05) is 18.2 Å². The molecule has 7 rings (SSSR count). The number of H-pyrrole nitrogens is 1. The van der Waals surface area contributed by atoms with Crippen molar-refractivity contribution in [2.45, 2.75) is 24.3 Å². The van der Waals surface area contributed by atoms with Crippen LogP contribution < -0.4 is 4.90 Å². The fourth-order valence-electron chi connectivity index (χ4n) is 6.68. The second kappa shape index (κ2) is 8.46. The Morgan fingerprint density at radius 3 is 2.51 bits per heavy atom. The van der Waals surface area contributed by atoms with E-state index in [4.69, 9.17) is 15.9 Å². The van der Waals surface area contributed by atoms with E-state index in [9.17, 15) is 10.1 Å². The van der Waals surface area contributed by atoms with Crippen LogP contribution in [-0.4, -0.2) is 74.3 Å². The van der Waals surface area contributed by atoms with Gasteiger partial charge in [-0.15, -0.1) is 6.42 Å². The topological polar surface area (TPSA) is 81.6 Å². The lowest BCUT2D eigenvalue weighted by Crippen LogP contribution is -2.56. The number of carbonyl (C=O) groups excluding carboxylic acids is 1. The molecule has 3 fully saturated rings. The van der Waals surface area contributed by atoms with Crippen molar-refractivity contribution < 1.29 is 14.3 Å². The number of fused-ring (bicyclic) bond motifs is 6. The number of nitrogens with one attached hydrogen (secondary N) is 1. The number of terminal acetylenes is 1. The van der Waals surface area contributed by atoms with Crippen LogP contribution in [0.25, 0.3) is 10.9 Å². The Labute approximate surface area is 215 Å². The average Bonchev–Trinajstić information content (AvgIpc) is 3.31. The molecule has 1 spiro atoms. The molecule has 0 atom stereocenters. The van der Waals surface area contributed by atoms with Crippen LogP contribution in [0.2, 0.25) is 0 Å². The third-order valence-corrected chi connectivity index (χ3v) is 8.82. The first-order chi connectivity index (χ1) is 18.1. The Morgan fingerprint density at radius 1 is 1.05 bits per heavy atom. The maximum Gasteiger partial charge on any atom is 0.195 e. The van der Waals surface area contributed by atoms with E-state index in [2.05, 4.69) is 32.8 Å². The molecule has 7 heteroatoms. The van der Waals surface area contributed by atoms with Gasteiger partial charge in [-0.2, -0.15) is 5.26 Å². The van der Waals surface area contributed by atoms with Crippen LogP contribution >= 0.6 is 0 Å². The first-order valence-electron chi connectivity index (χ1n) is 13.0. The summed E-state index contributed by atoms with van der Waals surface area (Å²) in [6, 6.07) is 12.4. The summed E-state index contributed by atoms with van der Waals surface area (Å²) in [4.78, 5) is 22.5. The minimum Gasteiger partial charge on any atom is -0.381 e. The van der Waals surface area contributed by atoms with Crippen LogP contribution in [-0.2, 0) is 14.9 Å². The summed E-state index contributed by atoms with van der Waals surface area (Å²) in [5.74, 6) is 2.88. The molecule has 0 radical (unpaired) electrons. The minimum atomic E-state index is -0.365. The maximum atomic E-state index is 14.1. The quantitative estimate of drug-likeness (QED) is 0.554. The predicted molar refractivity (Wildman–Crippen MR) is 140 cm³/mol. The van der Waals surface area contributed by atoms with Crippen molar-refractivity contribution in [2.24, 2.45) is 0 Å². The first-order valence-corrected chi connectivity index (χ1v) is 13.0. The summed E-state index contributed by atoms with van der Waals surface area (Å²) in [7, 11) is 0. The third-order valence-electron chi connectivity index (χ3n) is 8.82. The normalized spacial score (nSPS) is 21.2. The zero-order chi connectivity index (χ0) is 25.1. The Balaban J connectivity index is 1.36. The number of ether oxygens (including phenoxy) is 2. The highest BCUT2D eigenvalue weighted by Gasteiger charge is 2.47. The molecule has 3 saturated heterocycles. The molecule has 3 aliphatic heterocycles. The van der Waals surface area contributed by atoms with E-state index in [1.54, 1.807) is 6.07 Å². The van der Waals surface area contributed by atoms with E-state index < -0.39 is 0 Å². The van der Waals surface area contributed by atoms with Crippen molar-refractivity contribution >= 4 is 22.4 Å². The molecule has 37 heavy (non-hydrogen) atoms. The van der Waals surface area contributed by atoms with Gasteiger partial charge in [-0.05, 0) is 42.7 Å². The largest absolute Gasteiger partial charge is 0.381 e. The van der Waals surface area contributed by atoms with Gasteiger partial charge in [-0.25, -0.2) is 0 Å². The predicted octanol–water partition coefficient (Wildman–Crippen LogP) is 3.18. The summed E-state index contributed by atoms with van der Waals surface area (Å²) < 4.78 is 11.2. The highest BCUT2D eigenvalue weighted by Crippen LogP contribution is 2.50. The summed E-state index contributed by atoms with van der Waals surface area (Å²) in [6.45, 7) is 6.63. The van der Waals surface area contributed by atoms with Crippen LogP contribution in [0.1, 0.15) is 51.1 Å². The second-order valence-electron chi connectivity index (χ2n) is 10.5. The van der Waals surface area contributed by atoms with Crippen molar-refractivity contribution in [2.75, 3.05) is 57.5 Å². The molecule has 0 unspecified atom stereocenters. The first kappa shape index (κ1) is 22.6. The molecule has 186 valence electrons. The number of piperazine rings is 1. The maximum absolute atomic E-state index is 14.1. The number of nitriles is 1. The summed E-state index contributed by atoms with van der Waals surface area (Å²) in [5, 5.41) is 10.3. The fourth-order valence-corrected chi connectivity index (χ4v) is 6.68. The van der Waals surface area contributed by atoms with Gasteiger partial charge in [-0.3, -0.25) is 9.69 Å². The molecule has 3 aromatic rings. The molecule has 2 aromatic carbocycles. The average molecular weight is 493 g/mol. The lowest BCUT2D eigenvalue weighted by molar-refractivity contribution is -0.0660. The number of carbonyl (C=O) groups is 1. The van der Waals surface area contributed by atoms with Crippen LogP contribution in [0.15, 0.2) is 30.3 Å². The molecule has 4 heterocycles. The number of anilines is 1. The van der Waals surface area contributed by atoms with Gasteiger partial charge < -0.3 is 19.4 Å². The summed E-state index contributed by atoms with van der Waals surface area (Å²) in [6.07, 6.45) is 7.60. The number of ketones is 1. The highest BCUT2D eigenvalue weighted by molar-refractivity contribution is 6.20. The smallest absolute Gasteiger partial charge is 0.195 e. The number of hydrogen-bond acceptors (Lipinski definition) is 6. The Bertz CT molecular complexity index is 1510. The molecule has 7 nitrogen and oxygen atoms in total. The molecule has 0 saturated carbocycles. The molecular formula is C30H28N4O3. The Kier molecular flexibility index (Phi) is 5.16. The van der Waals surface area contributed by atoms with Crippen molar-refractivity contribution in [1.82, 2.24) is 9.88 Å². The van der Waals surface area contributed by atoms with Crippen LogP contribution in [0.5, 0.6) is 0 Å². The molecule has 1 aliphatic carbocycles. The van der Waals surface area contributed by atoms with Gasteiger partial charge in [-0.1, -0.05) is 12.0 Å². The van der Waals surface area contributed by atoms with Gasteiger partial charge in [0.15, 0.2) is 5.78 Å². The van der Waals surface area contributed by atoms with Gasteiger partial charge in [0.1, 0.15) is 0 Å². The number of aromatic nitrogens is 1. The fraction of sp³-hybridized carbons (Fsp3) is 0.400. The standard InChI is InChI=1S/C30H28N4O3/c1-2-20-14-23-24(15-26(20)34-9-7-33(8-10-34)21-17-37-18-21)30(5-11-36-12-6-30)29-27(28(23)35)22-4-3-19(16-31)13-25(22)32-29/h1,3-4,13-15,21,32H,5-12,17-18H2. The highest BCUT2D eigenvalue weighted by atomic mass is 16.5. The van der Waals surface area contributed by atoms with E-state index in [0.717, 1.165) is 85.6 Å². The lowest BCUT2D eigenvalue weighted by atomic mass is 9.64. The number of hydrogen-bond donors (Lipinski definition) is 1. The van der Waals surface area contributed by atoms with Gasteiger partial charge in [0, 0.05) is 72.5 Å². The Morgan fingerprint density at radius 2 is 1.84 bits per heavy atom. The molecular weight excluding hydrogens is 464 g/mol. The van der Waals surface area contributed by atoms with Crippen LogP contribution in [0.3, 0.4) is 0 Å². The number of rotatable bonds is 2. The number of nitrogens with zero attached hydrogens (tertiary/aromatic N) is 3. The Hall–Kier alpha value is -3.62. The van der Waals surface area contributed by atoms with Gasteiger partial charge in [0.2, 0.25) is 0 Å². The molecule has 4 aliphatic rings. The zero-order valence-electron chi connectivity index (χ0n) is 20.7. The van der Waals surface area contributed by atoms with Crippen molar-refractivity contribution in [1.29, 1.82) is 5.26 Å². The summed E-state index contributed by atoms with van der Waals surface area (Å²) >= 11 is 0. The van der Waals surface area contributed by atoms with Crippen LogP contribution in [0.4, 0.5) is 5.69 Å². The minimum absolute atomic E-state index is 0.00377. The van der Waals surface area contributed by atoms with Gasteiger partial charge in [0.25, 0.3) is 0 Å². The van der Waals surface area contributed by atoms with Gasteiger partial charge >= 0.3 is 0 Å². The van der Waals surface area contributed by atoms with Crippen LogP contribution in [0, 0.1) is 23.7 Å².